The van der Waals surface area contributed by atoms with E-state index in [1.807, 2.05) is 30.3 Å². The first kappa shape index (κ1) is 12.3. The van der Waals surface area contributed by atoms with Crippen molar-refractivity contribution in [2.75, 3.05) is 5.73 Å². The zero-order chi connectivity index (χ0) is 13.9. The van der Waals surface area contributed by atoms with Gasteiger partial charge >= 0.3 is 0 Å². The van der Waals surface area contributed by atoms with Crippen molar-refractivity contribution in [3.63, 3.8) is 0 Å². The molecule has 1 heterocycles. The Balaban J connectivity index is 2.19. The van der Waals surface area contributed by atoms with E-state index in [2.05, 4.69) is 9.97 Å². The molecule has 1 aromatic heterocycles. The molecule has 0 amide bonds. The van der Waals surface area contributed by atoms with Crippen LogP contribution in [0.1, 0.15) is 0 Å². The van der Waals surface area contributed by atoms with E-state index >= 15 is 0 Å². The molecule has 4 heteroatoms. The molecule has 0 radical (unpaired) electrons. The molecule has 0 fully saturated rings. The normalized spacial score (nSPS) is 10.4. The molecule has 0 aliphatic carbocycles. The fraction of sp³-hybridized carbons (Fsp3) is 0. The number of aromatic nitrogens is 2. The third kappa shape index (κ3) is 2.36. The molecule has 3 rings (SSSR count). The van der Waals surface area contributed by atoms with Gasteiger partial charge in [-0.1, -0.05) is 42.5 Å². The molecule has 98 valence electrons. The van der Waals surface area contributed by atoms with Gasteiger partial charge in [-0.25, -0.2) is 14.4 Å². The summed E-state index contributed by atoms with van der Waals surface area (Å²) in [6.45, 7) is 0. The molecular weight excluding hydrogens is 253 g/mol. The third-order valence-corrected chi connectivity index (χ3v) is 3.01. The highest BCUT2D eigenvalue weighted by molar-refractivity contribution is 5.80. The maximum absolute atomic E-state index is 13.0. The highest BCUT2D eigenvalue weighted by Crippen LogP contribution is 2.30. The summed E-state index contributed by atoms with van der Waals surface area (Å²) in [5, 5.41) is 0. The van der Waals surface area contributed by atoms with Crippen molar-refractivity contribution in [2.24, 2.45) is 0 Å². The van der Waals surface area contributed by atoms with Gasteiger partial charge in [0.15, 0.2) is 0 Å². The van der Waals surface area contributed by atoms with E-state index in [1.54, 1.807) is 18.3 Å². The van der Waals surface area contributed by atoms with Crippen LogP contribution >= 0.6 is 0 Å². The summed E-state index contributed by atoms with van der Waals surface area (Å²) in [7, 11) is 0. The number of nitrogen functional groups attached to an aromatic ring is 1. The van der Waals surface area contributed by atoms with Crippen LogP contribution in [0.4, 0.5) is 10.3 Å². The maximum Gasteiger partial charge on any atom is 0.220 e. The van der Waals surface area contributed by atoms with Crippen LogP contribution in [0.25, 0.3) is 22.4 Å². The Morgan fingerprint density at radius 1 is 0.850 bits per heavy atom. The lowest BCUT2D eigenvalue weighted by atomic mass is 10.0. The number of nitrogens with zero attached hydrogens (tertiary/aromatic N) is 2. The van der Waals surface area contributed by atoms with Crippen LogP contribution < -0.4 is 5.73 Å². The van der Waals surface area contributed by atoms with Crippen LogP contribution in [-0.2, 0) is 0 Å². The Labute approximate surface area is 115 Å². The summed E-state index contributed by atoms with van der Waals surface area (Å²) < 4.78 is 13.0. The Bertz CT molecular complexity index is 724. The molecule has 0 saturated heterocycles. The highest BCUT2D eigenvalue weighted by atomic mass is 19.1. The van der Waals surface area contributed by atoms with E-state index in [9.17, 15) is 4.39 Å². The van der Waals surface area contributed by atoms with Crippen molar-refractivity contribution in [1.82, 2.24) is 9.97 Å². The lowest BCUT2D eigenvalue weighted by molar-refractivity contribution is 0.628. The van der Waals surface area contributed by atoms with Gasteiger partial charge in [0.2, 0.25) is 5.95 Å². The molecule has 0 aliphatic rings. The van der Waals surface area contributed by atoms with Gasteiger partial charge in [-0.05, 0) is 17.7 Å². The lowest BCUT2D eigenvalue weighted by Gasteiger charge is -2.09. The second-order valence-electron chi connectivity index (χ2n) is 4.36. The fourth-order valence-corrected chi connectivity index (χ4v) is 2.05. The number of nitrogens with two attached hydrogens (primary N) is 1. The minimum absolute atomic E-state index is 0.217. The molecule has 3 nitrogen and oxygen atoms in total. The summed E-state index contributed by atoms with van der Waals surface area (Å²) in [6.07, 6.45) is 1.66. The minimum Gasteiger partial charge on any atom is -0.368 e. The van der Waals surface area contributed by atoms with Crippen LogP contribution in [0.2, 0.25) is 0 Å². The van der Waals surface area contributed by atoms with Gasteiger partial charge in [-0.3, -0.25) is 0 Å². The molecule has 2 N–H and O–H groups in total. The molecule has 3 aromatic rings. The molecule has 2 aromatic carbocycles. The first-order chi connectivity index (χ1) is 9.74. The maximum atomic E-state index is 13.0. The summed E-state index contributed by atoms with van der Waals surface area (Å²) >= 11 is 0. The van der Waals surface area contributed by atoms with Gasteiger partial charge in [0.25, 0.3) is 0 Å². The van der Waals surface area contributed by atoms with Gasteiger partial charge in [0.05, 0.1) is 5.69 Å². The van der Waals surface area contributed by atoms with Crippen molar-refractivity contribution in [2.45, 2.75) is 0 Å². The topological polar surface area (TPSA) is 51.8 Å². The Hall–Kier alpha value is -2.75. The van der Waals surface area contributed by atoms with Crippen LogP contribution in [0.5, 0.6) is 0 Å². The van der Waals surface area contributed by atoms with Gasteiger partial charge in [0.1, 0.15) is 5.82 Å². The van der Waals surface area contributed by atoms with E-state index in [4.69, 9.17) is 5.73 Å². The molecule has 0 atom stereocenters. The summed E-state index contributed by atoms with van der Waals surface area (Å²) in [4.78, 5) is 8.35. The average molecular weight is 265 g/mol. The van der Waals surface area contributed by atoms with E-state index < -0.39 is 0 Å². The van der Waals surface area contributed by atoms with Crippen molar-refractivity contribution < 1.29 is 4.39 Å². The quantitative estimate of drug-likeness (QED) is 0.771. The minimum atomic E-state index is -0.272. The zero-order valence-corrected chi connectivity index (χ0v) is 10.6. The first-order valence-electron chi connectivity index (χ1n) is 6.18. The largest absolute Gasteiger partial charge is 0.368 e. The predicted molar refractivity (Wildman–Crippen MR) is 77.3 cm³/mol. The molecule has 0 saturated carbocycles. The average Bonchev–Trinajstić information content (AvgIpc) is 2.49. The Morgan fingerprint density at radius 3 is 2.25 bits per heavy atom. The summed E-state index contributed by atoms with van der Waals surface area (Å²) in [5.41, 5.74) is 9.05. The third-order valence-electron chi connectivity index (χ3n) is 3.01. The number of benzene rings is 2. The number of halogens is 1. The molecule has 0 aliphatic heterocycles. The van der Waals surface area contributed by atoms with E-state index in [-0.39, 0.29) is 11.8 Å². The van der Waals surface area contributed by atoms with Crippen molar-refractivity contribution in [1.29, 1.82) is 0 Å². The van der Waals surface area contributed by atoms with Crippen LogP contribution in [0.3, 0.4) is 0 Å². The van der Waals surface area contributed by atoms with E-state index in [1.165, 1.54) is 12.1 Å². The van der Waals surface area contributed by atoms with Crippen molar-refractivity contribution in [3.05, 3.63) is 66.6 Å². The number of hydrogen-bond acceptors (Lipinski definition) is 3. The highest BCUT2D eigenvalue weighted by Gasteiger charge is 2.10. The van der Waals surface area contributed by atoms with E-state index in [0.29, 0.717) is 0 Å². The molecule has 20 heavy (non-hydrogen) atoms. The fourth-order valence-electron chi connectivity index (χ4n) is 2.05. The number of anilines is 1. The van der Waals surface area contributed by atoms with Gasteiger partial charge in [-0.15, -0.1) is 0 Å². The second kappa shape index (κ2) is 5.09. The van der Waals surface area contributed by atoms with Crippen molar-refractivity contribution >= 4 is 5.95 Å². The summed E-state index contributed by atoms with van der Waals surface area (Å²) in [5.74, 6) is -0.0545. The summed E-state index contributed by atoms with van der Waals surface area (Å²) in [6, 6.07) is 16.0. The Kier molecular flexibility index (Phi) is 3.13. The van der Waals surface area contributed by atoms with Gasteiger partial charge < -0.3 is 5.73 Å². The predicted octanol–water partition coefficient (Wildman–Crippen LogP) is 3.53. The lowest BCUT2D eigenvalue weighted by Crippen LogP contribution is -1.98. The van der Waals surface area contributed by atoms with Crippen molar-refractivity contribution in [3.8, 4) is 22.4 Å². The van der Waals surface area contributed by atoms with E-state index in [0.717, 1.165) is 22.4 Å². The number of rotatable bonds is 2. The SMILES string of the molecule is Nc1ncc(-c2ccc(F)cc2)c(-c2ccccc2)n1. The molecule has 0 bridgehead atoms. The molecular formula is C16H12FN3. The number of hydrogen-bond donors (Lipinski definition) is 1. The van der Waals surface area contributed by atoms with Gasteiger partial charge in [-0.2, -0.15) is 0 Å². The first-order valence-corrected chi connectivity index (χ1v) is 6.18. The molecule has 0 unspecified atom stereocenters. The molecule has 0 spiro atoms. The zero-order valence-electron chi connectivity index (χ0n) is 10.6. The Morgan fingerprint density at radius 2 is 1.55 bits per heavy atom. The standard InChI is InChI=1S/C16H12FN3/c17-13-8-6-11(7-9-13)14-10-19-16(18)20-15(14)12-4-2-1-3-5-12/h1-10H,(H2,18,19,20). The monoisotopic (exact) mass is 265 g/mol. The second-order valence-corrected chi connectivity index (χ2v) is 4.36. The van der Waals surface area contributed by atoms with Gasteiger partial charge in [0, 0.05) is 17.3 Å². The smallest absolute Gasteiger partial charge is 0.220 e. The van der Waals surface area contributed by atoms with Crippen LogP contribution in [0.15, 0.2) is 60.8 Å². The van der Waals surface area contributed by atoms with Crippen LogP contribution in [0, 0.1) is 5.82 Å². The van der Waals surface area contributed by atoms with Crippen LogP contribution in [-0.4, -0.2) is 9.97 Å².